The molecule has 1 N–H and O–H groups in total. The molecule has 1 rings (SSSR count). The molecule has 1 aromatic rings. The highest BCUT2D eigenvalue weighted by Crippen LogP contribution is 2.31. The molecule has 0 aliphatic heterocycles. The molecule has 0 saturated heterocycles. The standard InChI is InChI=1S/C14H22FNO2/c1-11(2)16-10-12-6-4-7-13(17-3)14(12)18-9-5-8-15/h4,6-7,11,16H,5,8-10H2,1-3H3. The fourth-order valence-corrected chi connectivity index (χ4v) is 1.57. The van der Waals surface area contributed by atoms with Crippen molar-refractivity contribution >= 4 is 0 Å². The molecule has 0 heterocycles. The Hall–Kier alpha value is -1.29. The summed E-state index contributed by atoms with van der Waals surface area (Å²) >= 11 is 0. The summed E-state index contributed by atoms with van der Waals surface area (Å²) in [6.07, 6.45) is 0.398. The molecule has 1 aromatic carbocycles. The van der Waals surface area contributed by atoms with Crippen LogP contribution in [0.1, 0.15) is 25.8 Å². The molecule has 0 saturated carbocycles. The number of methoxy groups -OCH3 is 1. The van der Waals surface area contributed by atoms with E-state index in [9.17, 15) is 4.39 Å². The molecular weight excluding hydrogens is 233 g/mol. The predicted molar refractivity (Wildman–Crippen MR) is 71.1 cm³/mol. The average molecular weight is 255 g/mol. The molecule has 18 heavy (non-hydrogen) atoms. The van der Waals surface area contributed by atoms with E-state index in [4.69, 9.17) is 9.47 Å². The molecule has 102 valence electrons. The summed E-state index contributed by atoms with van der Waals surface area (Å²) in [6, 6.07) is 6.17. The van der Waals surface area contributed by atoms with Crippen molar-refractivity contribution in [2.24, 2.45) is 0 Å². The van der Waals surface area contributed by atoms with Gasteiger partial charge in [-0.2, -0.15) is 0 Å². The minimum Gasteiger partial charge on any atom is -0.493 e. The zero-order chi connectivity index (χ0) is 13.4. The second-order valence-electron chi connectivity index (χ2n) is 4.38. The highest BCUT2D eigenvalue weighted by Gasteiger charge is 2.10. The highest BCUT2D eigenvalue weighted by molar-refractivity contribution is 5.46. The summed E-state index contributed by atoms with van der Waals surface area (Å²) in [5, 5.41) is 3.33. The van der Waals surface area contributed by atoms with E-state index in [-0.39, 0.29) is 6.67 Å². The molecule has 3 nitrogen and oxygen atoms in total. The molecule has 0 unspecified atom stereocenters. The van der Waals surface area contributed by atoms with Crippen molar-refractivity contribution < 1.29 is 13.9 Å². The molecule has 4 heteroatoms. The molecule has 0 aromatic heterocycles. The second-order valence-corrected chi connectivity index (χ2v) is 4.38. The number of benzene rings is 1. The lowest BCUT2D eigenvalue weighted by Crippen LogP contribution is -2.22. The first-order valence-electron chi connectivity index (χ1n) is 6.27. The quantitative estimate of drug-likeness (QED) is 0.724. The minimum absolute atomic E-state index is 0.366. The number of rotatable bonds is 8. The Labute approximate surface area is 108 Å². The number of halogens is 1. The van der Waals surface area contributed by atoms with Gasteiger partial charge >= 0.3 is 0 Å². The molecule has 0 fully saturated rings. The SMILES string of the molecule is COc1cccc(CNC(C)C)c1OCCCF. The van der Waals surface area contributed by atoms with Crippen LogP contribution in [0.15, 0.2) is 18.2 Å². The second kappa shape index (κ2) is 7.93. The Morgan fingerprint density at radius 3 is 2.72 bits per heavy atom. The van der Waals surface area contributed by atoms with Gasteiger partial charge in [0.05, 0.1) is 20.4 Å². The maximum atomic E-state index is 12.1. The van der Waals surface area contributed by atoms with E-state index in [1.807, 2.05) is 18.2 Å². The third kappa shape index (κ3) is 4.53. The Morgan fingerprint density at radius 2 is 2.11 bits per heavy atom. The summed E-state index contributed by atoms with van der Waals surface area (Å²) in [4.78, 5) is 0. The van der Waals surface area contributed by atoms with E-state index >= 15 is 0 Å². The van der Waals surface area contributed by atoms with Crippen LogP contribution in [0.4, 0.5) is 4.39 Å². The molecule has 0 amide bonds. The highest BCUT2D eigenvalue weighted by atomic mass is 19.1. The number of alkyl halides is 1. The van der Waals surface area contributed by atoms with E-state index in [2.05, 4.69) is 19.2 Å². The lowest BCUT2D eigenvalue weighted by atomic mass is 10.1. The van der Waals surface area contributed by atoms with Crippen LogP contribution in [0, 0.1) is 0 Å². The van der Waals surface area contributed by atoms with Crippen LogP contribution in [0.5, 0.6) is 11.5 Å². The zero-order valence-electron chi connectivity index (χ0n) is 11.3. The topological polar surface area (TPSA) is 30.5 Å². The lowest BCUT2D eigenvalue weighted by molar-refractivity contribution is 0.270. The van der Waals surface area contributed by atoms with Crippen LogP contribution in [0.3, 0.4) is 0 Å². The Balaban J connectivity index is 2.79. The van der Waals surface area contributed by atoms with Gasteiger partial charge in [0.15, 0.2) is 11.5 Å². The normalized spacial score (nSPS) is 10.7. The minimum atomic E-state index is -0.366. The summed E-state index contributed by atoms with van der Waals surface area (Å²) in [6.45, 7) is 4.88. The van der Waals surface area contributed by atoms with Gasteiger partial charge in [0.25, 0.3) is 0 Å². The maximum Gasteiger partial charge on any atom is 0.165 e. The number of hydrogen-bond acceptors (Lipinski definition) is 3. The first-order valence-corrected chi connectivity index (χ1v) is 6.27. The molecule has 0 radical (unpaired) electrons. The molecular formula is C14H22FNO2. The summed E-state index contributed by atoms with van der Waals surface area (Å²) < 4.78 is 23.0. The number of nitrogens with one attached hydrogen (secondary N) is 1. The number of hydrogen-bond donors (Lipinski definition) is 1. The van der Waals surface area contributed by atoms with E-state index in [0.717, 1.165) is 5.56 Å². The molecule has 0 atom stereocenters. The lowest BCUT2D eigenvalue weighted by Gasteiger charge is -2.16. The molecule has 0 spiro atoms. The van der Waals surface area contributed by atoms with Crippen LogP contribution in [-0.2, 0) is 6.54 Å². The van der Waals surface area contributed by atoms with E-state index in [1.54, 1.807) is 7.11 Å². The van der Waals surface area contributed by atoms with Crippen molar-refractivity contribution in [1.82, 2.24) is 5.32 Å². The largest absolute Gasteiger partial charge is 0.493 e. The number of para-hydroxylation sites is 1. The maximum absolute atomic E-state index is 12.1. The predicted octanol–water partition coefficient (Wildman–Crippen LogP) is 2.93. The van der Waals surface area contributed by atoms with Gasteiger partial charge in [0, 0.05) is 24.6 Å². The van der Waals surface area contributed by atoms with Crippen LogP contribution in [0.2, 0.25) is 0 Å². The fourth-order valence-electron chi connectivity index (χ4n) is 1.57. The van der Waals surface area contributed by atoms with E-state index in [1.165, 1.54) is 0 Å². The summed E-state index contributed by atoms with van der Waals surface area (Å²) in [5.41, 5.74) is 1.03. The number of ether oxygens (including phenoxy) is 2. The van der Waals surface area contributed by atoms with Gasteiger partial charge in [-0.25, -0.2) is 0 Å². The van der Waals surface area contributed by atoms with Crippen LogP contribution in [0.25, 0.3) is 0 Å². The van der Waals surface area contributed by atoms with Crippen molar-refractivity contribution in [3.8, 4) is 11.5 Å². The van der Waals surface area contributed by atoms with Gasteiger partial charge in [0.1, 0.15) is 0 Å². The van der Waals surface area contributed by atoms with E-state index in [0.29, 0.717) is 37.1 Å². The molecule has 0 aliphatic carbocycles. The zero-order valence-corrected chi connectivity index (χ0v) is 11.3. The Kier molecular flexibility index (Phi) is 6.50. The van der Waals surface area contributed by atoms with Gasteiger partial charge in [-0.3, -0.25) is 4.39 Å². The Morgan fingerprint density at radius 1 is 1.33 bits per heavy atom. The van der Waals surface area contributed by atoms with Gasteiger partial charge in [0.2, 0.25) is 0 Å². The fraction of sp³-hybridized carbons (Fsp3) is 0.571. The molecule has 0 bridgehead atoms. The van der Waals surface area contributed by atoms with Gasteiger partial charge < -0.3 is 14.8 Å². The van der Waals surface area contributed by atoms with Gasteiger partial charge in [-0.1, -0.05) is 26.0 Å². The van der Waals surface area contributed by atoms with Gasteiger partial charge in [-0.05, 0) is 6.07 Å². The first kappa shape index (κ1) is 14.8. The van der Waals surface area contributed by atoms with Crippen molar-refractivity contribution in [3.05, 3.63) is 23.8 Å². The van der Waals surface area contributed by atoms with Crippen molar-refractivity contribution in [1.29, 1.82) is 0 Å². The van der Waals surface area contributed by atoms with E-state index < -0.39 is 0 Å². The van der Waals surface area contributed by atoms with Crippen molar-refractivity contribution in [2.45, 2.75) is 32.9 Å². The van der Waals surface area contributed by atoms with Crippen molar-refractivity contribution in [2.75, 3.05) is 20.4 Å². The third-order valence-corrected chi connectivity index (χ3v) is 2.51. The summed E-state index contributed by atoms with van der Waals surface area (Å²) in [7, 11) is 1.61. The third-order valence-electron chi connectivity index (χ3n) is 2.51. The van der Waals surface area contributed by atoms with Gasteiger partial charge in [-0.15, -0.1) is 0 Å². The smallest absolute Gasteiger partial charge is 0.165 e. The monoisotopic (exact) mass is 255 g/mol. The summed E-state index contributed by atoms with van der Waals surface area (Å²) in [5.74, 6) is 1.40. The Bertz CT molecular complexity index is 356. The first-order chi connectivity index (χ1) is 8.69. The van der Waals surface area contributed by atoms with Crippen LogP contribution < -0.4 is 14.8 Å². The van der Waals surface area contributed by atoms with Crippen molar-refractivity contribution in [3.63, 3.8) is 0 Å². The van der Waals surface area contributed by atoms with Crippen LogP contribution >= 0.6 is 0 Å². The molecule has 0 aliphatic rings. The van der Waals surface area contributed by atoms with Crippen LogP contribution in [-0.4, -0.2) is 26.4 Å². The average Bonchev–Trinajstić information content (AvgIpc) is 2.37.